The first-order chi connectivity index (χ1) is 5.33. The Balaban J connectivity index is 2.45. The van der Waals surface area contributed by atoms with Gasteiger partial charge in [0.1, 0.15) is 6.10 Å². The maximum Gasteiger partial charge on any atom is 0.233 e. The molecule has 0 spiro atoms. The molecule has 0 saturated carbocycles. The SMILES string of the molecule is COC1CC(=O)n2cccc21. The van der Waals surface area contributed by atoms with Crippen LogP contribution in [0.2, 0.25) is 0 Å². The van der Waals surface area contributed by atoms with E-state index >= 15 is 0 Å². The van der Waals surface area contributed by atoms with Crippen LogP contribution in [0, 0.1) is 0 Å². The van der Waals surface area contributed by atoms with Gasteiger partial charge in [-0.25, -0.2) is 0 Å². The second-order valence-electron chi connectivity index (χ2n) is 2.63. The van der Waals surface area contributed by atoms with Gasteiger partial charge in [0.2, 0.25) is 5.91 Å². The molecule has 2 heterocycles. The Morgan fingerprint density at radius 2 is 2.55 bits per heavy atom. The molecule has 1 atom stereocenters. The molecule has 1 unspecified atom stereocenters. The number of ether oxygens (including phenoxy) is 1. The fraction of sp³-hybridized carbons (Fsp3) is 0.375. The average molecular weight is 151 g/mol. The van der Waals surface area contributed by atoms with Crippen LogP contribution in [0.15, 0.2) is 18.3 Å². The molecule has 11 heavy (non-hydrogen) atoms. The molecule has 1 aliphatic rings. The van der Waals surface area contributed by atoms with E-state index in [-0.39, 0.29) is 12.0 Å². The molecule has 0 radical (unpaired) electrons. The standard InChI is InChI=1S/C8H9NO2/c1-11-7-5-8(10)9-4-2-3-6(7)9/h2-4,7H,5H2,1H3. The van der Waals surface area contributed by atoms with Crippen LogP contribution in [-0.2, 0) is 4.74 Å². The highest BCUT2D eigenvalue weighted by molar-refractivity contribution is 5.83. The van der Waals surface area contributed by atoms with Crippen molar-refractivity contribution in [2.45, 2.75) is 12.5 Å². The van der Waals surface area contributed by atoms with E-state index in [2.05, 4.69) is 0 Å². The molecule has 0 fully saturated rings. The van der Waals surface area contributed by atoms with E-state index in [0.717, 1.165) is 5.69 Å². The minimum Gasteiger partial charge on any atom is -0.375 e. The number of hydrogen-bond acceptors (Lipinski definition) is 2. The Kier molecular flexibility index (Phi) is 1.32. The van der Waals surface area contributed by atoms with Gasteiger partial charge < -0.3 is 4.74 Å². The van der Waals surface area contributed by atoms with Gasteiger partial charge in [0.25, 0.3) is 0 Å². The Morgan fingerprint density at radius 3 is 3.27 bits per heavy atom. The smallest absolute Gasteiger partial charge is 0.233 e. The lowest BCUT2D eigenvalue weighted by Crippen LogP contribution is -2.00. The Bertz CT molecular complexity index is 290. The summed E-state index contributed by atoms with van der Waals surface area (Å²) in [5, 5.41) is 0. The minimum atomic E-state index is -0.0301. The van der Waals surface area contributed by atoms with Crippen molar-refractivity contribution in [3.8, 4) is 0 Å². The normalized spacial score (nSPS) is 22.3. The maximum absolute atomic E-state index is 11.2. The molecule has 0 N–H and O–H groups in total. The van der Waals surface area contributed by atoms with Crippen LogP contribution in [0.25, 0.3) is 0 Å². The summed E-state index contributed by atoms with van der Waals surface area (Å²) in [4.78, 5) is 11.2. The number of nitrogens with zero attached hydrogens (tertiary/aromatic N) is 1. The summed E-state index contributed by atoms with van der Waals surface area (Å²) < 4.78 is 6.77. The third kappa shape index (κ3) is 0.811. The number of aromatic nitrogens is 1. The highest BCUT2D eigenvalue weighted by Crippen LogP contribution is 2.28. The number of carbonyl (C=O) groups is 1. The number of methoxy groups -OCH3 is 1. The summed E-state index contributed by atoms with van der Waals surface area (Å²) in [5.41, 5.74) is 0.970. The fourth-order valence-corrected chi connectivity index (χ4v) is 1.45. The van der Waals surface area contributed by atoms with Gasteiger partial charge in [-0.15, -0.1) is 0 Å². The van der Waals surface area contributed by atoms with Crippen molar-refractivity contribution in [3.05, 3.63) is 24.0 Å². The molecule has 0 saturated heterocycles. The number of fused-ring (bicyclic) bond motifs is 1. The van der Waals surface area contributed by atoms with Crippen molar-refractivity contribution < 1.29 is 9.53 Å². The first-order valence-corrected chi connectivity index (χ1v) is 3.56. The van der Waals surface area contributed by atoms with Gasteiger partial charge in [0.05, 0.1) is 12.1 Å². The zero-order valence-corrected chi connectivity index (χ0v) is 6.28. The van der Waals surface area contributed by atoms with Crippen molar-refractivity contribution in [2.24, 2.45) is 0 Å². The van der Waals surface area contributed by atoms with Crippen LogP contribution in [0.4, 0.5) is 0 Å². The molecular formula is C8H9NO2. The van der Waals surface area contributed by atoms with Gasteiger partial charge in [-0.3, -0.25) is 9.36 Å². The fourth-order valence-electron chi connectivity index (χ4n) is 1.45. The largest absolute Gasteiger partial charge is 0.375 e. The molecule has 58 valence electrons. The lowest BCUT2D eigenvalue weighted by Gasteiger charge is -2.03. The lowest BCUT2D eigenvalue weighted by molar-refractivity contribution is 0.0791. The van der Waals surface area contributed by atoms with E-state index in [4.69, 9.17) is 4.74 Å². The third-order valence-electron chi connectivity index (χ3n) is 2.02. The number of rotatable bonds is 1. The zero-order chi connectivity index (χ0) is 7.84. The maximum atomic E-state index is 11.2. The average Bonchev–Trinajstić information content (AvgIpc) is 2.54. The van der Waals surface area contributed by atoms with E-state index in [0.29, 0.717) is 6.42 Å². The van der Waals surface area contributed by atoms with Gasteiger partial charge in [0.15, 0.2) is 0 Å². The van der Waals surface area contributed by atoms with E-state index in [1.54, 1.807) is 17.9 Å². The predicted molar refractivity (Wildman–Crippen MR) is 39.4 cm³/mol. The second kappa shape index (κ2) is 2.20. The van der Waals surface area contributed by atoms with Crippen LogP contribution in [0.3, 0.4) is 0 Å². The van der Waals surface area contributed by atoms with E-state index < -0.39 is 0 Å². The Morgan fingerprint density at radius 1 is 1.73 bits per heavy atom. The monoisotopic (exact) mass is 151 g/mol. The summed E-state index contributed by atoms with van der Waals surface area (Å²) in [5.74, 6) is 0.122. The topological polar surface area (TPSA) is 31.2 Å². The first-order valence-electron chi connectivity index (χ1n) is 3.56. The van der Waals surface area contributed by atoms with Crippen LogP contribution in [-0.4, -0.2) is 17.6 Å². The molecule has 2 rings (SSSR count). The van der Waals surface area contributed by atoms with Gasteiger partial charge >= 0.3 is 0 Å². The van der Waals surface area contributed by atoms with Crippen molar-refractivity contribution in [1.82, 2.24) is 4.57 Å². The minimum absolute atomic E-state index is 0.0301. The van der Waals surface area contributed by atoms with Crippen molar-refractivity contribution in [2.75, 3.05) is 7.11 Å². The highest BCUT2D eigenvalue weighted by Gasteiger charge is 2.27. The Hall–Kier alpha value is -1.09. The lowest BCUT2D eigenvalue weighted by atomic mass is 10.2. The van der Waals surface area contributed by atoms with E-state index in [1.807, 2.05) is 12.1 Å². The van der Waals surface area contributed by atoms with Gasteiger partial charge in [-0.05, 0) is 12.1 Å². The molecule has 1 aromatic rings. The molecule has 3 nitrogen and oxygen atoms in total. The molecule has 1 aliphatic heterocycles. The van der Waals surface area contributed by atoms with Crippen LogP contribution < -0.4 is 0 Å². The summed E-state index contributed by atoms with van der Waals surface area (Å²) in [6.07, 6.45) is 2.22. The zero-order valence-electron chi connectivity index (χ0n) is 6.28. The van der Waals surface area contributed by atoms with Crippen molar-refractivity contribution >= 4 is 5.91 Å². The van der Waals surface area contributed by atoms with Crippen molar-refractivity contribution in [3.63, 3.8) is 0 Å². The molecule has 0 aliphatic carbocycles. The molecule has 1 aromatic heterocycles. The van der Waals surface area contributed by atoms with Gasteiger partial charge in [0, 0.05) is 13.3 Å². The molecule has 0 amide bonds. The predicted octanol–water partition coefficient (Wildman–Crippen LogP) is 1.22. The molecule has 3 heteroatoms. The summed E-state index contributed by atoms with van der Waals surface area (Å²) >= 11 is 0. The van der Waals surface area contributed by atoms with Crippen LogP contribution in [0.5, 0.6) is 0 Å². The quantitative estimate of drug-likeness (QED) is 0.604. The summed E-state index contributed by atoms with van der Waals surface area (Å²) in [6, 6.07) is 3.78. The summed E-state index contributed by atoms with van der Waals surface area (Å²) in [7, 11) is 1.63. The molecular weight excluding hydrogens is 142 g/mol. The van der Waals surface area contributed by atoms with Crippen LogP contribution >= 0.6 is 0 Å². The second-order valence-corrected chi connectivity index (χ2v) is 2.63. The van der Waals surface area contributed by atoms with Crippen molar-refractivity contribution in [1.29, 1.82) is 0 Å². The number of hydrogen-bond donors (Lipinski definition) is 0. The van der Waals surface area contributed by atoms with Gasteiger partial charge in [-0.1, -0.05) is 0 Å². The van der Waals surface area contributed by atoms with Crippen LogP contribution in [0.1, 0.15) is 23.0 Å². The highest BCUT2D eigenvalue weighted by atomic mass is 16.5. The van der Waals surface area contributed by atoms with E-state index in [1.165, 1.54) is 0 Å². The Labute approximate surface area is 64.6 Å². The number of carbonyl (C=O) groups excluding carboxylic acids is 1. The molecule has 0 bridgehead atoms. The summed E-state index contributed by atoms with van der Waals surface area (Å²) in [6.45, 7) is 0. The van der Waals surface area contributed by atoms with E-state index in [9.17, 15) is 4.79 Å². The first kappa shape index (κ1) is 6.61. The third-order valence-corrected chi connectivity index (χ3v) is 2.02. The van der Waals surface area contributed by atoms with Gasteiger partial charge in [-0.2, -0.15) is 0 Å². The molecule has 0 aromatic carbocycles.